The molecule has 1 aromatic carbocycles. The third kappa shape index (κ3) is 2.28. The summed E-state index contributed by atoms with van der Waals surface area (Å²) in [6.07, 6.45) is -0.999. The molecule has 3 heterocycles. The summed E-state index contributed by atoms with van der Waals surface area (Å²) >= 11 is 0. The second-order valence-corrected chi connectivity index (χ2v) is 7.19. The number of anilines is 1. The molecule has 9 heteroatoms. The molecule has 2 fully saturated rings. The third-order valence-electron chi connectivity index (χ3n) is 5.74. The van der Waals surface area contributed by atoms with E-state index in [1.807, 2.05) is 0 Å². The standard InChI is InChI=1S/C18H20FN3O5/c1-8(23)14-12-13(16(25)22(15(12)24)5-6-27-2)18(21-14)10-7-9(19)3-4-11(10)20-17(18)26/h3-4,7-8,12-14,21,23H,5-6H2,1-2H3,(H,20,26)/t8-,12-,13+,14-,18+/m0/s1. The minimum absolute atomic E-state index is 0.0569. The van der Waals surface area contributed by atoms with Gasteiger partial charge in [0.1, 0.15) is 11.4 Å². The molecule has 2 saturated heterocycles. The average molecular weight is 377 g/mol. The fraction of sp³-hybridized carbons (Fsp3) is 0.500. The molecule has 0 bridgehead atoms. The smallest absolute Gasteiger partial charge is 0.250 e. The highest BCUT2D eigenvalue weighted by Crippen LogP contribution is 2.53. The molecule has 1 aromatic rings. The van der Waals surface area contributed by atoms with Crippen LogP contribution in [0.5, 0.6) is 0 Å². The number of imide groups is 1. The number of aliphatic hydroxyl groups is 1. The van der Waals surface area contributed by atoms with Crippen LogP contribution in [-0.4, -0.2) is 60.1 Å². The van der Waals surface area contributed by atoms with Gasteiger partial charge in [-0.1, -0.05) is 0 Å². The Kier molecular flexibility index (Phi) is 4.06. The molecule has 3 amide bonds. The quantitative estimate of drug-likeness (QED) is 0.615. The van der Waals surface area contributed by atoms with Crippen LogP contribution in [0.3, 0.4) is 0 Å². The molecule has 0 aliphatic carbocycles. The first-order valence-corrected chi connectivity index (χ1v) is 8.74. The first kappa shape index (κ1) is 18.0. The number of amides is 3. The van der Waals surface area contributed by atoms with Crippen LogP contribution in [0.2, 0.25) is 0 Å². The minimum Gasteiger partial charge on any atom is -0.392 e. The van der Waals surface area contributed by atoms with Crippen molar-refractivity contribution in [3.8, 4) is 0 Å². The highest BCUT2D eigenvalue weighted by molar-refractivity contribution is 6.15. The monoisotopic (exact) mass is 377 g/mol. The normalized spacial score (nSPS) is 32.8. The maximum atomic E-state index is 13.9. The molecule has 8 nitrogen and oxygen atoms in total. The number of ether oxygens (including phenoxy) is 1. The topological polar surface area (TPSA) is 108 Å². The summed E-state index contributed by atoms with van der Waals surface area (Å²) in [6, 6.07) is 3.01. The number of aliphatic hydroxyl groups excluding tert-OH is 1. The number of nitrogens with zero attached hydrogens (tertiary/aromatic N) is 1. The number of halogens is 1. The number of rotatable bonds is 4. The van der Waals surface area contributed by atoms with Gasteiger partial charge in [0.05, 0.1) is 31.1 Å². The van der Waals surface area contributed by atoms with Gasteiger partial charge in [-0.05, 0) is 25.1 Å². The summed E-state index contributed by atoms with van der Waals surface area (Å²) < 4.78 is 18.9. The van der Waals surface area contributed by atoms with Gasteiger partial charge in [0.15, 0.2) is 0 Å². The number of carbonyl (C=O) groups excluding carboxylic acids is 3. The Hall–Kier alpha value is -2.36. The van der Waals surface area contributed by atoms with Gasteiger partial charge in [-0.15, -0.1) is 0 Å². The molecule has 1 spiro atoms. The number of benzene rings is 1. The molecule has 3 aliphatic heterocycles. The minimum atomic E-state index is -1.60. The van der Waals surface area contributed by atoms with Crippen molar-refractivity contribution >= 4 is 23.4 Å². The van der Waals surface area contributed by atoms with Crippen LogP contribution >= 0.6 is 0 Å². The molecule has 144 valence electrons. The van der Waals surface area contributed by atoms with Crippen LogP contribution in [0.25, 0.3) is 0 Å². The van der Waals surface area contributed by atoms with E-state index in [1.54, 1.807) is 0 Å². The Bertz CT molecular complexity index is 844. The predicted octanol–water partition coefficient (Wildman–Crippen LogP) is -0.427. The van der Waals surface area contributed by atoms with E-state index in [2.05, 4.69) is 10.6 Å². The van der Waals surface area contributed by atoms with Gasteiger partial charge in [-0.3, -0.25) is 24.6 Å². The van der Waals surface area contributed by atoms with Crippen LogP contribution in [-0.2, 0) is 24.7 Å². The Morgan fingerprint density at radius 2 is 2.07 bits per heavy atom. The van der Waals surface area contributed by atoms with Crippen LogP contribution in [0.15, 0.2) is 18.2 Å². The molecule has 3 aliphatic rings. The molecular weight excluding hydrogens is 357 g/mol. The van der Waals surface area contributed by atoms with E-state index in [1.165, 1.54) is 32.2 Å². The number of hydrogen-bond acceptors (Lipinski definition) is 6. The SMILES string of the molecule is COCCN1C(=O)[C@@H]2[C@H]([C@H](C)O)N[C@@]3(C(=O)Nc4ccc(F)cc43)[C@H]2C1=O. The summed E-state index contributed by atoms with van der Waals surface area (Å²) in [5, 5.41) is 15.9. The lowest BCUT2D eigenvalue weighted by Crippen LogP contribution is -2.55. The molecule has 0 unspecified atom stereocenters. The van der Waals surface area contributed by atoms with Crippen molar-refractivity contribution in [2.45, 2.75) is 24.6 Å². The Morgan fingerprint density at radius 3 is 2.74 bits per heavy atom. The molecule has 3 N–H and O–H groups in total. The second kappa shape index (κ2) is 6.08. The lowest BCUT2D eigenvalue weighted by Gasteiger charge is -2.30. The van der Waals surface area contributed by atoms with E-state index in [9.17, 15) is 23.9 Å². The maximum absolute atomic E-state index is 13.9. The molecule has 4 rings (SSSR count). The highest BCUT2D eigenvalue weighted by atomic mass is 19.1. The molecule has 0 radical (unpaired) electrons. The largest absolute Gasteiger partial charge is 0.392 e. The van der Waals surface area contributed by atoms with Gasteiger partial charge in [0.2, 0.25) is 17.7 Å². The Labute approximate surface area is 154 Å². The number of likely N-dealkylation sites (tertiary alicyclic amines) is 1. The summed E-state index contributed by atoms with van der Waals surface area (Å²) in [6.45, 7) is 1.71. The van der Waals surface area contributed by atoms with Crippen LogP contribution in [0.4, 0.5) is 10.1 Å². The van der Waals surface area contributed by atoms with Gasteiger partial charge in [0.25, 0.3) is 0 Å². The summed E-state index contributed by atoms with van der Waals surface area (Å²) in [4.78, 5) is 40.1. The molecule has 0 aromatic heterocycles. The zero-order valence-electron chi connectivity index (χ0n) is 14.9. The van der Waals surface area contributed by atoms with E-state index >= 15 is 0 Å². The first-order chi connectivity index (χ1) is 12.8. The number of carbonyl (C=O) groups is 3. The van der Waals surface area contributed by atoms with Gasteiger partial charge in [-0.2, -0.15) is 0 Å². The summed E-state index contributed by atoms with van der Waals surface area (Å²) in [7, 11) is 1.46. The predicted molar refractivity (Wildman–Crippen MR) is 90.9 cm³/mol. The van der Waals surface area contributed by atoms with Crippen molar-refractivity contribution in [3.05, 3.63) is 29.6 Å². The zero-order chi connectivity index (χ0) is 19.5. The van der Waals surface area contributed by atoms with Crippen molar-refractivity contribution in [2.24, 2.45) is 11.8 Å². The Balaban J connectivity index is 1.86. The van der Waals surface area contributed by atoms with Crippen molar-refractivity contribution in [3.63, 3.8) is 0 Å². The fourth-order valence-electron chi connectivity index (χ4n) is 4.58. The van der Waals surface area contributed by atoms with Crippen molar-refractivity contribution in [1.29, 1.82) is 0 Å². The third-order valence-corrected chi connectivity index (χ3v) is 5.74. The summed E-state index contributed by atoms with van der Waals surface area (Å²) in [5.74, 6) is -4.06. The van der Waals surface area contributed by atoms with Gasteiger partial charge < -0.3 is 15.2 Å². The van der Waals surface area contributed by atoms with E-state index in [4.69, 9.17) is 4.74 Å². The van der Waals surface area contributed by atoms with Crippen molar-refractivity contribution in [2.75, 3.05) is 25.6 Å². The van der Waals surface area contributed by atoms with E-state index in [-0.39, 0.29) is 18.7 Å². The van der Waals surface area contributed by atoms with Crippen molar-refractivity contribution < 1.29 is 28.6 Å². The van der Waals surface area contributed by atoms with E-state index in [0.717, 1.165) is 4.90 Å². The van der Waals surface area contributed by atoms with E-state index < -0.39 is 53.1 Å². The lowest BCUT2D eigenvalue weighted by atomic mass is 9.76. The van der Waals surface area contributed by atoms with E-state index in [0.29, 0.717) is 5.69 Å². The number of hydrogen-bond donors (Lipinski definition) is 3. The van der Waals surface area contributed by atoms with Crippen LogP contribution in [0, 0.1) is 17.7 Å². The highest BCUT2D eigenvalue weighted by Gasteiger charge is 2.71. The Morgan fingerprint density at radius 1 is 1.33 bits per heavy atom. The van der Waals surface area contributed by atoms with Crippen molar-refractivity contribution in [1.82, 2.24) is 10.2 Å². The maximum Gasteiger partial charge on any atom is 0.250 e. The molecule has 0 saturated carbocycles. The number of fused-ring (bicyclic) bond motifs is 4. The number of methoxy groups -OCH3 is 1. The first-order valence-electron chi connectivity index (χ1n) is 8.74. The average Bonchev–Trinajstić information content (AvgIpc) is 3.20. The fourth-order valence-corrected chi connectivity index (χ4v) is 4.58. The molecular formula is C18H20FN3O5. The van der Waals surface area contributed by atoms with Crippen LogP contribution in [0.1, 0.15) is 12.5 Å². The molecule has 27 heavy (non-hydrogen) atoms. The number of nitrogens with one attached hydrogen (secondary N) is 2. The van der Waals surface area contributed by atoms with Gasteiger partial charge >= 0.3 is 0 Å². The van der Waals surface area contributed by atoms with Crippen LogP contribution < -0.4 is 10.6 Å². The van der Waals surface area contributed by atoms with Gasteiger partial charge in [0, 0.05) is 24.4 Å². The zero-order valence-corrected chi connectivity index (χ0v) is 14.9. The second-order valence-electron chi connectivity index (χ2n) is 7.19. The lowest BCUT2D eigenvalue weighted by molar-refractivity contribution is -0.143. The summed E-state index contributed by atoms with van der Waals surface area (Å²) in [5.41, 5.74) is -0.937. The molecule has 5 atom stereocenters. The van der Waals surface area contributed by atoms with Gasteiger partial charge in [-0.25, -0.2) is 4.39 Å².